The van der Waals surface area contributed by atoms with Crippen LogP contribution in [-0.4, -0.2) is 54.7 Å². The molecule has 1 saturated carbocycles. The first-order valence-electron chi connectivity index (χ1n) is 10.3. The van der Waals surface area contributed by atoms with Gasteiger partial charge in [0.15, 0.2) is 0 Å². The monoisotopic (exact) mass is 382 g/mol. The summed E-state index contributed by atoms with van der Waals surface area (Å²) in [4.78, 5) is 39.6. The molecular formula is C20H34N2O5. The molecule has 0 spiro atoms. The Kier molecular flexibility index (Phi) is 7.92. The Morgan fingerprint density at radius 3 is 2.59 bits per heavy atom. The molecule has 7 heteroatoms. The third kappa shape index (κ3) is 4.93. The number of nitrogens with zero attached hydrogens (tertiary/aromatic N) is 1. The van der Waals surface area contributed by atoms with E-state index in [-0.39, 0.29) is 23.8 Å². The third-order valence-electron chi connectivity index (χ3n) is 6.04. The number of unbranched alkanes of at least 4 members (excludes halogenated alkanes) is 1. The molecule has 0 aromatic rings. The first-order chi connectivity index (χ1) is 12.9. The Bertz CT molecular complexity index is 538. The number of alkyl carbamates (subject to hydrolysis) is 1. The van der Waals surface area contributed by atoms with Crippen LogP contribution >= 0.6 is 0 Å². The highest BCUT2D eigenvalue weighted by molar-refractivity contribution is 5.91. The molecule has 1 heterocycles. The van der Waals surface area contributed by atoms with Crippen molar-refractivity contribution in [2.45, 2.75) is 83.8 Å². The van der Waals surface area contributed by atoms with Gasteiger partial charge in [0, 0.05) is 6.04 Å². The van der Waals surface area contributed by atoms with Gasteiger partial charge in [0.25, 0.3) is 0 Å². The van der Waals surface area contributed by atoms with Crippen LogP contribution in [0.4, 0.5) is 4.79 Å². The molecule has 2 rings (SSSR count). The van der Waals surface area contributed by atoms with Crippen LogP contribution in [0.2, 0.25) is 0 Å². The first-order valence-corrected chi connectivity index (χ1v) is 10.3. The van der Waals surface area contributed by atoms with E-state index >= 15 is 0 Å². The van der Waals surface area contributed by atoms with Crippen molar-refractivity contribution in [3.8, 4) is 0 Å². The van der Waals surface area contributed by atoms with Crippen LogP contribution in [0.5, 0.6) is 0 Å². The molecule has 1 N–H and O–H groups in total. The highest BCUT2D eigenvalue weighted by atomic mass is 16.5. The highest BCUT2D eigenvalue weighted by Gasteiger charge is 2.51. The molecule has 5 atom stereocenters. The molecule has 1 saturated heterocycles. The van der Waals surface area contributed by atoms with Crippen molar-refractivity contribution in [1.82, 2.24) is 10.2 Å². The van der Waals surface area contributed by atoms with E-state index in [1.807, 2.05) is 20.8 Å². The lowest BCUT2D eigenvalue weighted by molar-refractivity contribution is -0.155. The summed E-state index contributed by atoms with van der Waals surface area (Å²) in [5.41, 5.74) is 0. The van der Waals surface area contributed by atoms with Gasteiger partial charge in [-0.2, -0.15) is 0 Å². The van der Waals surface area contributed by atoms with E-state index in [0.717, 1.165) is 38.5 Å². The average molecular weight is 383 g/mol. The number of hydrogen-bond acceptors (Lipinski definition) is 5. The van der Waals surface area contributed by atoms with E-state index in [1.54, 1.807) is 4.90 Å². The Balaban J connectivity index is 2.20. The van der Waals surface area contributed by atoms with E-state index in [9.17, 15) is 14.4 Å². The minimum Gasteiger partial charge on any atom is -0.464 e. The van der Waals surface area contributed by atoms with E-state index in [0.29, 0.717) is 18.9 Å². The van der Waals surface area contributed by atoms with E-state index in [4.69, 9.17) is 9.47 Å². The summed E-state index contributed by atoms with van der Waals surface area (Å²) >= 11 is 0. The van der Waals surface area contributed by atoms with Crippen LogP contribution in [0.15, 0.2) is 0 Å². The lowest BCUT2D eigenvalue weighted by atomic mass is 9.97. The van der Waals surface area contributed by atoms with Crippen molar-refractivity contribution in [3.05, 3.63) is 0 Å². The fourth-order valence-corrected chi connectivity index (χ4v) is 4.26. The van der Waals surface area contributed by atoms with E-state index < -0.39 is 18.2 Å². The van der Waals surface area contributed by atoms with Gasteiger partial charge in [0.1, 0.15) is 12.1 Å². The Morgan fingerprint density at radius 1 is 1.22 bits per heavy atom. The van der Waals surface area contributed by atoms with Crippen molar-refractivity contribution in [2.24, 2.45) is 11.8 Å². The molecule has 0 radical (unpaired) electrons. The Labute approximate surface area is 162 Å². The zero-order valence-corrected chi connectivity index (χ0v) is 17.0. The van der Waals surface area contributed by atoms with Gasteiger partial charge in [0.2, 0.25) is 5.91 Å². The van der Waals surface area contributed by atoms with Crippen LogP contribution in [0.3, 0.4) is 0 Å². The smallest absolute Gasteiger partial charge is 0.407 e. The second-order valence-corrected chi connectivity index (χ2v) is 7.78. The maximum Gasteiger partial charge on any atom is 0.407 e. The van der Waals surface area contributed by atoms with Crippen LogP contribution < -0.4 is 5.32 Å². The lowest BCUT2D eigenvalue weighted by Gasteiger charge is -2.34. The molecule has 2 aliphatic rings. The van der Waals surface area contributed by atoms with Crippen LogP contribution in [0, 0.1) is 11.8 Å². The van der Waals surface area contributed by atoms with Crippen LogP contribution in [-0.2, 0) is 19.1 Å². The van der Waals surface area contributed by atoms with Crippen molar-refractivity contribution < 1.29 is 23.9 Å². The lowest BCUT2D eigenvalue weighted by Crippen LogP contribution is -2.56. The second-order valence-electron chi connectivity index (χ2n) is 7.78. The van der Waals surface area contributed by atoms with Crippen molar-refractivity contribution >= 4 is 18.0 Å². The fraction of sp³-hybridized carbons (Fsp3) is 0.850. The number of methoxy groups -OCH3 is 1. The predicted molar refractivity (Wildman–Crippen MR) is 101 cm³/mol. The molecular weight excluding hydrogens is 348 g/mol. The number of amides is 2. The topological polar surface area (TPSA) is 84.9 Å². The number of carbonyl (C=O) groups excluding carboxylic acids is 3. The number of esters is 1. The SMILES string of the molecule is CCCCOC(=O)[C@@H]1C[C@@H]2CCC[C@@H]2N1C(=O)[C@@H](NC(=O)OC)[C@@H](C)CC. The zero-order valence-electron chi connectivity index (χ0n) is 17.0. The molecule has 0 aromatic heterocycles. The van der Waals surface area contributed by atoms with Crippen LogP contribution in [0.1, 0.15) is 65.7 Å². The largest absolute Gasteiger partial charge is 0.464 e. The minimum atomic E-state index is -0.701. The summed E-state index contributed by atoms with van der Waals surface area (Å²) in [6.45, 7) is 6.33. The Morgan fingerprint density at radius 2 is 1.96 bits per heavy atom. The standard InChI is InChI=1S/C20H34N2O5/c1-5-7-11-27-19(24)16-12-14-9-8-10-15(14)22(16)18(23)17(13(3)6-2)21-20(25)26-4/h13-17H,5-12H2,1-4H3,(H,21,25)/t13-,14-,15-,16-,17-/m0/s1. The summed E-state index contributed by atoms with van der Waals surface area (Å²) < 4.78 is 10.1. The number of rotatable bonds is 8. The summed E-state index contributed by atoms with van der Waals surface area (Å²) in [6, 6.07) is -1.18. The maximum atomic E-state index is 13.4. The summed E-state index contributed by atoms with van der Waals surface area (Å²) in [6.07, 6.45) is 5.53. The number of fused-ring (bicyclic) bond motifs is 1. The van der Waals surface area contributed by atoms with Gasteiger partial charge < -0.3 is 19.7 Å². The predicted octanol–water partition coefficient (Wildman–Crippen LogP) is 2.87. The van der Waals surface area contributed by atoms with Crippen molar-refractivity contribution in [2.75, 3.05) is 13.7 Å². The first kappa shape index (κ1) is 21.5. The van der Waals surface area contributed by atoms with Gasteiger partial charge in [-0.1, -0.05) is 40.0 Å². The van der Waals surface area contributed by atoms with Gasteiger partial charge in [-0.15, -0.1) is 0 Å². The summed E-state index contributed by atoms with van der Waals surface area (Å²) in [5.74, 6) is -0.226. The number of nitrogens with one attached hydrogen (secondary N) is 1. The minimum absolute atomic E-state index is 0.0613. The molecule has 154 valence electrons. The van der Waals surface area contributed by atoms with Gasteiger partial charge in [-0.3, -0.25) is 4.79 Å². The number of ether oxygens (including phenoxy) is 2. The van der Waals surface area contributed by atoms with Crippen molar-refractivity contribution in [3.63, 3.8) is 0 Å². The highest BCUT2D eigenvalue weighted by Crippen LogP contribution is 2.42. The molecule has 27 heavy (non-hydrogen) atoms. The maximum absolute atomic E-state index is 13.4. The molecule has 1 aliphatic heterocycles. The number of likely N-dealkylation sites (tertiary alicyclic amines) is 1. The number of carbonyl (C=O) groups is 3. The van der Waals surface area contributed by atoms with E-state index in [2.05, 4.69) is 5.32 Å². The summed E-state index contributed by atoms with van der Waals surface area (Å²) in [7, 11) is 1.28. The van der Waals surface area contributed by atoms with Crippen molar-refractivity contribution in [1.29, 1.82) is 0 Å². The number of hydrogen-bond donors (Lipinski definition) is 1. The molecule has 2 fully saturated rings. The second kappa shape index (κ2) is 9.95. The van der Waals surface area contributed by atoms with Gasteiger partial charge in [0.05, 0.1) is 13.7 Å². The molecule has 0 unspecified atom stereocenters. The summed E-state index contributed by atoms with van der Waals surface area (Å²) in [5, 5.41) is 2.68. The molecule has 0 aromatic carbocycles. The average Bonchev–Trinajstić information content (AvgIpc) is 3.25. The van der Waals surface area contributed by atoms with Gasteiger partial charge in [-0.05, 0) is 37.5 Å². The normalized spacial score (nSPS) is 26.2. The quantitative estimate of drug-likeness (QED) is 0.515. The third-order valence-corrected chi connectivity index (χ3v) is 6.04. The molecule has 1 aliphatic carbocycles. The fourth-order valence-electron chi connectivity index (χ4n) is 4.26. The zero-order chi connectivity index (χ0) is 20.0. The molecule has 2 amide bonds. The molecule has 0 bridgehead atoms. The Hall–Kier alpha value is -1.79. The molecule has 7 nitrogen and oxygen atoms in total. The van der Waals surface area contributed by atoms with Gasteiger partial charge in [-0.25, -0.2) is 9.59 Å². The van der Waals surface area contributed by atoms with E-state index in [1.165, 1.54) is 7.11 Å². The van der Waals surface area contributed by atoms with Crippen LogP contribution in [0.25, 0.3) is 0 Å². The van der Waals surface area contributed by atoms with Gasteiger partial charge >= 0.3 is 12.1 Å².